The molecule has 2 rings (SSSR count). The van der Waals surface area contributed by atoms with Crippen LogP contribution in [0.5, 0.6) is 11.5 Å². The Morgan fingerprint density at radius 2 is 1.72 bits per heavy atom. The van der Waals surface area contributed by atoms with Gasteiger partial charge in [-0.2, -0.15) is 0 Å². The molecule has 25 heavy (non-hydrogen) atoms. The summed E-state index contributed by atoms with van der Waals surface area (Å²) >= 11 is 0. The van der Waals surface area contributed by atoms with E-state index in [0.29, 0.717) is 18.9 Å². The first kappa shape index (κ1) is 18.8. The van der Waals surface area contributed by atoms with Crippen molar-refractivity contribution in [1.82, 2.24) is 5.32 Å². The van der Waals surface area contributed by atoms with E-state index in [1.165, 1.54) is 11.1 Å². The third-order valence-corrected chi connectivity index (χ3v) is 4.16. The van der Waals surface area contributed by atoms with Crippen LogP contribution in [0.2, 0.25) is 0 Å². The van der Waals surface area contributed by atoms with Crippen molar-refractivity contribution in [2.45, 2.75) is 40.2 Å². The van der Waals surface area contributed by atoms with Crippen molar-refractivity contribution in [3.8, 4) is 11.5 Å². The van der Waals surface area contributed by atoms with E-state index in [2.05, 4.69) is 12.2 Å². The lowest BCUT2D eigenvalue weighted by Gasteiger charge is -2.16. The summed E-state index contributed by atoms with van der Waals surface area (Å²) in [7, 11) is 0. The van der Waals surface area contributed by atoms with Gasteiger partial charge in [-0.1, -0.05) is 25.1 Å². The fourth-order valence-electron chi connectivity index (χ4n) is 2.35. The van der Waals surface area contributed by atoms with Gasteiger partial charge < -0.3 is 14.8 Å². The van der Waals surface area contributed by atoms with Crippen LogP contribution in [0.4, 0.5) is 0 Å². The van der Waals surface area contributed by atoms with Gasteiger partial charge in [-0.05, 0) is 68.1 Å². The Kier molecular flexibility index (Phi) is 6.87. The van der Waals surface area contributed by atoms with Crippen molar-refractivity contribution in [3.05, 3.63) is 59.2 Å². The Balaban J connectivity index is 1.72. The maximum Gasteiger partial charge on any atom is 0.260 e. The average molecular weight is 341 g/mol. The van der Waals surface area contributed by atoms with Crippen LogP contribution in [-0.4, -0.2) is 25.2 Å². The summed E-state index contributed by atoms with van der Waals surface area (Å²) in [5.74, 6) is 1.37. The van der Waals surface area contributed by atoms with Gasteiger partial charge in [-0.15, -0.1) is 0 Å². The van der Waals surface area contributed by atoms with Crippen LogP contribution in [0.25, 0.3) is 0 Å². The van der Waals surface area contributed by atoms with Crippen molar-refractivity contribution < 1.29 is 14.3 Å². The van der Waals surface area contributed by atoms with Crippen molar-refractivity contribution in [2.75, 3.05) is 13.2 Å². The molecule has 2 aromatic rings. The molecule has 0 heterocycles. The largest absolute Gasteiger partial charge is 0.492 e. The molecular formula is C21H27NO3. The molecule has 0 unspecified atom stereocenters. The Labute approximate surface area is 150 Å². The molecule has 1 N–H and O–H groups in total. The third-order valence-electron chi connectivity index (χ3n) is 4.16. The predicted molar refractivity (Wildman–Crippen MR) is 100 cm³/mol. The molecule has 0 spiro atoms. The minimum Gasteiger partial charge on any atom is -0.492 e. The first-order valence-corrected chi connectivity index (χ1v) is 8.73. The minimum absolute atomic E-state index is 0.150. The summed E-state index contributed by atoms with van der Waals surface area (Å²) in [6, 6.07) is 13.8. The predicted octanol–water partition coefficient (Wildman–Crippen LogP) is 3.83. The van der Waals surface area contributed by atoms with Gasteiger partial charge in [0, 0.05) is 0 Å². The molecule has 0 aliphatic heterocycles. The Morgan fingerprint density at radius 3 is 2.36 bits per heavy atom. The van der Waals surface area contributed by atoms with Crippen LogP contribution in [0.1, 0.15) is 30.5 Å². The van der Waals surface area contributed by atoms with Crippen LogP contribution in [-0.2, 0) is 11.2 Å². The fraction of sp³-hybridized carbons (Fsp3) is 0.381. The van der Waals surface area contributed by atoms with E-state index in [-0.39, 0.29) is 5.91 Å². The highest BCUT2D eigenvalue weighted by atomic mass is 16.5. The molecule has 2 aromatic carbocycles. The SMILES string of the molecule is CCc1ccc(OCCNC(=O)[C@H](C)Oc2ccc(C)c(C)c2)cc1. The molecule has 0 aliphatic rings. The van der Waals surface area contributed by atoms with E-state index in [0.717, 1.165) is 17.7 Å². The van der Waals surface area contributed by atoms with Gasteiger partial charge in [0.25, 0.3) is 5.91 Å². The Hall–Kier alpha value is -2.49. The fourth-order valence-corrected chi connectivity index (χ4v) is 2.35. The van der Waals surface area contributed by atoms with Gasteiger partial charge in [-0.25, -0.2) is 0 Å². The zero-order chi connectivity index (χ0) is 18.2. The van der Waals surface area contributed by atoms with E-state index in [1.807, 2.05) is 56.3 Å². The van der Waals surface area contributed by atoms with Gasteiger partial charge in [0.05, 0.1) is 6.54 Å². The number of aryl methyl sites for hydroxylation is 3. The lowest BCUT2D eigenvalue weighted by atomic mass is 10.1. The molecule has 0 aromatic heterocycles. The van der Waals surface area contributed by atoms with E-state index >= 15 is 0 Å². The number of carbonyl (C=O) groups excluding carboxylic acids is 1. The maximum atomic E-state index is 12.1. The number of nitrogens with one attached hydrogen (secondary N) is 1. The Morgan fingerprint density at radius 1 is 1.04 bits per heavy atom. The Bertz CT molecular complexity index is 695. The summed E-state index contributed by atoms with van der Waals surface area (Å²) in [5, 5.41) is 2.83. The number of ether oxygens (including phenoxy) is 2. The van der Waals surface area contributed by atoms with Gasteiger partial charge in [0.2, 0.25) is 0 Å². The number of amides is 1. The molecule has 4 heteroatoms. The number of benzene rings is 2. The number of hydrogen-bond donors (Lipinski definition) is 1. The zero-order valence-electron chi connectivity index (χ0n) is 15.5. The normalized spacial score (nSPS) is 11.7. The highest BCUT2D eigenvalue weighted by Crippen LogP contribution is 2.17. The molecule has 0 aliphatic carbocycles. The number of carbonyl (C=O) groups is 1. The van der Waals surface area contributed by atoms with Gasteiger partial charge in [0.1, 0.15) is 18.1 Å². The molecule has 0 saturated carbocycles. The van der Waals surface area contributed by atoms with Gasteiger partial charge in [-0.3, -0.25) is 4.79 Å². The standard InChI is InChI=1S/C21H27NO3/c1-5-18-7-10-19(11-8-18)24-13-12-22-21(23)17(4)25-20-9-6-15(2)16(3)14-20/h6-11,14,17H,5,12-13H2,1-4H3,(H,22,23)/t17-/m0/s1. The van der Waals surface area contributed by atoms with Crippen LogP contribution in [0.3, 0.4) is 0 Å². The van der Waals surface area contributed by atoms with Gasteiger partial charge >= 0.3 is 0 Å². The number of hydrogen-bond acceptors (Lipinski definition) is 3. The first-order chi connectivity index (χ1) is 12.0. The molecule has 1 atom stereocenters. The molecule has 0 bridgehead atoms. The highest BCUT2D eigenvalue weighted by Gasteiger charge is 2.14. The number of rotatable bonds is 8. The summed E-state index contributed by atoms with van der Waals surface area (Å²) in [4.78, 5) is 12.1. The topological polar surface area (TPSA) is 47.6 Å². The first-order valence-electron chi connectivity index (χ1n) is 8.73. The van der Waals surface area contributed by atoms with Crippen molar-refractivity contribution in [1.29, 1.82) is 0 Å². The average Bonchev–Trinajstić information content (AvgIpc) is 2.62. The second-order valence-corrected chi connectivity index (χ2v) is 6.14. The monoisotopic (exact) mass is 341 g/mol. The molecule has 0 fully saturated rings. The third kappa shape index (κ3) is 5.82. The molecule has 0 radical (unpaired) electrons. The van der Waals surface area contributed by atoms with Crippen molar-refractivity contribution >= 4 is 5.91 Å². The lowest BCUT2D eigenvalue weighted by molar-refractivity contribution is -0.127. The highest BCUT2D eigenvalue weighted by molar-refractivity contribution is 5.80. The maximum absolute atomic E-state index is 12.1. The molecule has 1 amide bonds. The summed E-state index contributed by atoms with van der Waals surface area (Å²) in [6.07, 6.45) is 0.459. The molecule has 134 valence electrons. The summed E-state index contributed by atoms with van der Waals surface area (Å²) < 4.78 is 11.3. The van der Waals surface area contributed by atoms with Crippen molar-refractivity contribution in [2.24, 2.45) is 0 Å². The summed E-state index contributed by atoms with van der Waals surface area (Å²) in [6.45, 7) is 8.80. The summed E-state index contributed by atoms with van der Waals surface area (Å²) in [5.41, 5.74) is 3.62. The van der Waals surface area contributed by atoms with E-state index in [4.69, 9.17) is 9.47 Å². The van der Waals surface area contributed by atoms with Crippen LogP contribution >= 0.6 is 0 Å². The molecule has 4 nitrogen and oxygen atoms in total. The van der Waals surface area contributed by atoms with Crippen molar-refractivity contribution in [3.63, 3.8) is 0 Å². The van der Waals surface area contributed by atoms with Gasteiger partial charge in [0.15, 0.2) is 6.10 Å². The van der Waals surface area contributed by atoms with Crippen LogP contribution in [0, 0.1) is 13.8 Å². The lowest BCUT2D eigenvalue weighted by Crippen LogP contribution is -2.38. The second-order valence-electron chi connectivity index (χ2n) is 6.14. The van der Waals surface area contributed by atoms with E-state index in [9.17, 15) is 4.79 Å². The van der Waals surface area contributed by atoms with E-state index in [1.54, 1.807) is 6.92 Å². The minimum atomic E-state index is -0.550. The van der Waals surface area contributed by atoms with Crippen LogP contribution < -0.4 is 14.8 Å². The smallest absolute Gasteiger partial charge is 0.260 e. The quantitative estimate of drug-likeness (QED) is 0.742. The second kappa shape index (κ2) is 9.11. The zero-order valence-corrected chi connectivity index (χ0v) is 15.5. The molecule has 0 saturated heterocycles. The van der Waals surface area contributed by atoms with E-state index < -0.39 is 6.10 Å². The molecular weight excluding hydrogens is 314 g/mol. The van der Waals surface area contributed by atoms with Crippen LogP contribution in [0.15, 0.2) is 42.5 Å².